The van der Waals surface area contributed by atoms with Crippen molar-refractivity contribution in [2.75, 3.05) is 18.6 Å². The van der Waals surface area contributed by atoms with Gasteiger partial charge in [0.25, 0.3) is 5.91 Å². The lowest BCUT2D eigenvalue weighted by atomic mass is 9.86. The van der Waals surface area contributed by atoms with Crippen molar-refractivity contribution < 1.29 is 9.53 Å². The standard InChI is InChI=1S/C27H31N3O2S/c1-7-12-30-23-13-17(2)19(14-22(23)18(3)16-27(30,4)5)15-24-25(31)29-26(33-24)28-20-8-10-21(32-6)11-9-20/h8-11,13-16H,7,12H2,1-6H3,(H,28,29,31)/b24-15+. The Hall–Kier alpha value is -2.99. The van der Waals surface area contributed by atoms with Gasteiger partial charge in [0.1, 0.15) is 5.75 Å². The Bertz CT molecular complexity index is 1180. The number of amides is 1. The van der Waals surface area contributed by atoms with Crippen molar-refractivity contribution in [1.29, 1.82) is 0 Å². The number of thioether (sulfide) groups is 1. The van der Waals surface area contributed by atoms with E-state index in [4.69, 9.17) is 4.74 Å². The van der Waals surface area contributed by atoms with Crippen LogP contribution >= 0.6 is 11.8 Å². The number of allylic oxidation sites excluding steroid dienone is 1. The molecular weight excluding hydrogens is 430 g/mol. The van der Waals surface area contributed by atoms with E-state index in [1.807, 2.05) is 30.3 Å². The van der Waals surface area contributed by atoms with Gasteiger partial charge in [-0.05, 0) is 105 Å². The first kappa shape index (κ1) is 23.2. The van der Waals surface area contributed by atoms with Crippen molar-refractivity contribution in [3.8, 4) is 5.75 Å². The quantitative estimate of drug-likeness (QED) is 0.530. The van der Waals surface area contributed by atoms with Gasteiger partial charge in [-0.25, -0.2) is 4.99 Å². The van der Waals surface area contributed by atoms with Crippen LogP contribution < -0.4 is 15.0 Å². The zero-order chi connectivity index (χ0) is 23.8. The fraction of sp³-hybridized carbons (Fsp3) is 0.333. The van der Waals surface area contributed by atoms with E-state index in [1.165, 1.54) is 28.6 Å². The molecular formula is C27H31N3O2S. The molecule has 0 atom stereocenters. The van der Waals surface area contributed by atoms with Gasteiger partial charge in [0.05, 0.1) is 23.2 Å². The number of carbonyl (C=O) groups is 1. The Balaban J connectivity index is 1.65. The van der Waals surface area contributed by atoms with Crippen molar-refractivity contribution in [1.82, 2.24) is 5.32 Å². The lowest BCUT2D eigenvalue weighted by Crippen LogP contribution is -2.45. The number of fused-ring (bicyclic) bond motifs is 1. The van der Waals surface area contributed by atoms with Crippen LogP contribution in [0.1, 0.15) is 50.8 Å². The van der Waals surface area contributed by atoms with Gasteiger partial charge in [-0.1, -0.05) is 13.0 Å². The molecule has 5 nitrogen and oxygen atoms in total. The molecule has 1 saturated heterocycles. The summed E-state index contributed by atoms with van der Waals surface area (Å²) < 4.78 is 5.19. The van der Waals surface area contributed by atoms with Crippen LogP contribution in [-0.2, 0) is 4.79 Å². The van der Waals surface area contributed by atoms with Crippen LogP contribution in [0, 0.1) is 6.92 Å². The van der Waals surface area contributed by atoms with E-state index in [0.717, 1.165) is 35.5 Å². The molecule has 0 aliphatic carbocycles. The minimum atomic E-state index is -0.120. The first-order valence-electron chi connectivity index (χ1n) is 11.3. The van der Waals surface area contributed by atoms with Crippen molar-refractivity contribution in [2.45, 2.75) is 46.6 Å². The number of hydrogen-bond donors (Lipinski definition) is 1. The van der Waals surface area contributed by atoms with E-state index < -0.39 is 0 Å². The number of amidine groups is 1. The van der Waals surface area contributed by atoms with Gasteiger partial charge in [0, 0.05) is 17.8 Å². The number of ether oxygens (including phenoxy) is 1. The van der Waals surface area contributed by atoms with Gasteiger partial charge in [0.15, 0.2) is 5.17 Å². The van der Waals surface area contributed by atoms with Crippen molar-refractivity contribution in [3.05, 3.63) is 64.1 Å². The molecule has 0 radical (unpaired) electrons. The second-order valence-corrected chi connectivity index (χ2v) is 10.1. The molecule has 6 heteroatoms. The van der Waals surface area contributed by atoms with E-state index >= 15 is 0 Å². The molecule has 2 aromatic rings. The van der Waals surface area contributed by atoms with Gasteiger partial charge in [-0.15, -0.1) is 0 Å². The molecule has 0 spiro atoms. The fourth-order valence-electron chi connectivity index (χ4n) is 4.43. The van der Waals surface area contributed by atoms with Crippen molar-refractivity contribution >= 4 is 45.9 Å². The Morgan fingerprint density at radius 1 is 1.18 bits per heavy atom. The molecule has 1 N–H and O–H groups in total. The highest BCUT2D eigenvalue weighted by Gasteiger charge is 2.31. The van der Waals surface area contributed by atoms with Crippen LogP contribution in [-0.4, -0.2) is 30.3 Å². The monoisotopic (exact) mass is 461 g/mol. The maximum absolute atomic E-state index is 12.6. The van der Waals surface area contributed by atoms with E-state index in [-0.39, 0.29) is 11.4 Å². The highest BCUT2D eigenvalue weighted by Crippen LogP contribution is 2.41. The third-order valence-corrected chi connectivity index (χ3v) is 6.96. The lowest BCUT2D eigenvalue weighted by Gasteiger charge is -2.43. The third kappa shape index (κ3) is 4.71. The summed E-state index contributed by atoms with van der Waals surface area (Å²) in [5.41, 5.74) is 6.73. The lowest BCUT2D eigenvalue weighted by molar-refractivity contribution is -0.115. The summed E-state index contributed by atoms with van der Waals surface area (Å²) in [4.78, 5) is 20.3. The summed E-state index contributed by atoms with van der Waals surface area (Å²) in [5.74, 6) is 0.654. The number of nitrogens with one attached hydrogen (secondary N) is 1. The minimum Gasteiger partial charge on any atom is -0.497 e. The van der Waals surface area contributed by atoms with Gasteiger partial charge >= 0.3 is 0 Å². The van der Waals surface area contributed by atoms with Gasteiger partial charge in [-0.2, -0.15) is 0 Å². The topological polar surface area (TPSA) is 53.9 Å². The molecule has 0 aromatic heterocycles. The number of anilines is 1. The molecule has 2 heterocycles. The summed E-state index contributed by atoms with van der Waals surface area (Å²) in [5, 5.41) is 3.46. The van der Waals surface area contributed by atoms with E-state index in [2.05, 4.69) is 68.0 Å². The second kappa shape index (κ2) is 9.10. The number of benzene rings is 2. The first-order chi connectivity index (χ1) is 15.7. The highest BCUT2D eigenvalue weighted by molar-refractivity contribution is 8.18. The molecule has 33 heavy (non-hydrogen) atoms. The summed E-state index contributed by atoms with van der Waals surface area (Å²) in [6.07, 6.45) is 5.41. The number of rotatable bonds is 5. The van der Waals surface area contributed by atoms with Crippen molar-refractivity contribution in [3.63, 3.8) is 0 Å². The molecule has 0 bridgehead atoms. The van der Waals surface area contributed by atoms with Gasteiger partial charge in [-0.3, -0.25) is 4.79 Å². The number of hydrogen-bond acceptors (Lipinski definition) is 5. The molecule has 0 unspecified atom stereocenters. The van der Waals surface area contributed by atoms with Crippen LogP contribution in [0.4, 0.5) is 11.4 Å². The number of aryl methyl sites for hydroxylation is 1. The Morgan fingerprint density at radius 3 is 2.58 bits per heavy atom. The zero-order valence-corrected chi connectivity index (χ0v) is 21.0. The number of aliphatic imine (C=N–C) groups is 1. The minimum absolute atomic E-state index is 0.0203. The molecule has 1 amide bonds. The summed E-state index contributed by atoms with van der Waals surface area (Å²) in [7, 11) is 1.63. The summed E-state index contributed by atoms with van der Waals surface area (Å²) in [6.45, 7) is 12.0. The SMILES string of the molecule is CCCN1c2cc(C)c(/C=C3/SC(=Nc4ccc(OC)cc4)NC3=O)cc2C(C)=CC1(C)C. The smallest absolute Gasteiger partial charge is 0.264 e. The van der Waals surface area contributed by atoms with Crippen LogP contribution in [0.5, 0.6) is 5.75 Å². The van der Waals surface area contributed by atoms with E-state index in [9.17, 15) is 4.79 Å². The Labute approximate surface area is 200 Å². The average molecular weight is 462 g/mol. The Kier molecular flexibility index (Phi) is 6.39. The predicted octanol–water partition coefficient (Wildman–Crippen LogP) is 6.31. The molecule has 4 rings (SSSR count). The Morgan fingerprint density at radius 2 is 1.91 bits per heavy atom. The van der Waals surface area contributed by atoms with Gasteiger partial charge < -0.3 is 15.0 Å². The molecule has 0 saturated carbocycles. The maximum Gasteiger partial charge on any atom is 0.264 e. The molecule has 1 fully saturated rings. The molecule has 2 aliphatic heterocycles. The maximum atomic E-state index is 12.6. The first-order valence-corrected chi connectivity index (χ1v) is 12.1. The summed E-state index contributed by atoms with van der Waals surface area (Å²) in [6, 6.07) is 11.9. The molecule has 2 aromatic carbocycles. The van der Waals surface area contributed by atoms with Gasteiger partial charge in [0.2, 0.25) is 0 Å². The normalized spacial score (nSPS) is 19.5. The van der Waals surface area contributed by atoms with E-state index in [0.29, 0.717) is 10.1 Å². The van der Waals surface area contributed by atoms with Crippen molar-refractivity contribution in [2.24, 2.45) is 4.99 Å². The zero-order valence-electron chi connectivity index (χ0n) is 20.2. The number of methoxy groups -OCH3 is 1. The number of carbonyl (C=O) groups excluding carboxylic acids is 1. The molecule has 2 aliphatic rings. The average Bonchev–Trinajstić information content (AvgIpc) is 3.11. The van der Waals surface area contributed by atoms with E-state index in [1.54, 1.807) is 7.11 Å². The third-order valence-electron chi connectivity index (χ3n) is 6.05. The van der Waals surface area contributed by atoms with Crippen LogP contribution in [0.2, 0.25) is 0 Å². The molecule has 172 valence electrons. The largest absolute Gasteiger partial charge is 0.497 e. The second-order valence-electron chi connectivity index (χ2n) is 9.04. The summed E-state index contributed by atoms with van der Waals surface area (Å²) >= 11 is 1.37. The number of nitrogens with zero attached hydrogens (tertiary/aromatic N) is 2. The van der Waals surface area contributed by atoms with Crippen LogP contribution in [0.15, 0.2) is 52.4 Å². The highest BCUT2D eigenvalue weighted by atomic mass is 32.2. The predicted molar refractivity (Wildman–Crippen MR) is 140 cm³/mol. The van der Waals surface area contributed by atoms with Crippen LogP contribution in [0.3, 0.4) is 0 Å². The fourth-order valence-corrected chi connectivity index (χ4v) is 5.26. The van der Waals surface area contributed by atoms with Crippen LogP contribution in [0.25, 0.3) is 11.6 Å².